The number of hydrogen-bond donors (Lipinski definition) is 1. The fourth-order valence-electron chi connectivity index (χ4n) is 4.86. The van der Waals surface area contributed by atoms with E-state index in [9.17, 15) is 14.7 Å². The molecule has 2 atom stereocenters. The van der Waals surface area contributed by atoms with Crippen LogP contribution in [0.5, 0.6) is 23.0 Å². The van der Waals surface area contributed by atoms with Crippen LogP contribution >= 0.6 is 0 Å². The van der Waals surface area contributed by atoms with E-state index in [0.717, 1.165) is 11.3 Å². The first-order chi connectivity index (χ1) is 17.9. The maximum Gasteiger partial charge on any atom is 0.301 e. The quantitative estimate of drug-likeness (QED) is 0.306. The van der Waals surface area contributed by atoms with Gasteiger partial charge in [0.15, 0.2) is 11.5 Å². The van der Waals surface area contributed by atoms with Crippen molar-refractivity contribution in [3.05, 3.63) is 77.0 Å². The van der Waals surface area contributed by atoms with Crippen LogP contribution in [-0.4, -0.2) is 49.2 Å². The first-order valence-corrected chi connectivity index (χ1v) is 11.7. The maximum atomic E-state index is 13.5. The summed E-state index contributed by atoms with van der Waals surface area (Å²) < 4.78 is 22.2. The third-order valence-electron chi connectivity index (χ3n) is 6.51. The van der Waals surface area contributed by atoms with Crippen molar-refractivity contribution >= 4 is 23.3 Å². The van der Waals surface area contributed by atoms with Crippen LogP contribution in [0.25, 0.3) is 5.76 Å². The first kappa shape index (κ1) is 24.2. The van der Waals surface area contributed by atoms with Crippen molar-refractivity contribution in [2.75, 3.05) is 26.2 Å². The molecule has 2 aliphatic heterocycles. The van der Waals surface area contributed by atoms with E-state index in [0.29, 0.717) is 34.8 Å². The topological polar surface area (TPSA) is 107 Å². The predicted molar refractivity (Wildman–Crippen MR) is 135 cm³/mol. The zero-order chi connectivity index (χ0) is 26.3. The Labute approximate surface area is 213 Å². The van der Waals surface area contributed by atoms with Crippen molar-refractivity contribution in [3.63, 3.8) is 0 Å². The number of aliphatic hydroxyl groups excluding tert-OH is 1. The van der Waals surface area contributed by atoms with Gasteiger partial charge in [-0.05, 0) is 60.5 Å². The molecule has 0 aliphatic carbocycles. The number of methoxy groups -OCH3 is 3. The Hall–Kier alpha value is -4.53. The normalized spacial score (nSPS) is 19.9. The third kappa shape index (κ3) is 4.02. The van der Waals surface area contributed by atoms with Crippen LogP contribution in [0.4, 0.5) is 5.82 Å². The number of Topliss-reactive ketones (excluding diaryl/α,β-unsaturated/α-hetero) is 1. The number of aromatic nitrogens is 1. The molecule has 0 radical (unpaired) electrons. The number of carbonyl (C=O) groups is 2. The van der Waals surface area contributed by atoms with Gasteiger partial charge in [-0.2, -0.15) is 0 Å². The molecule has 9 heteroatoms. The Morgan fingerprint density at radius 1 is 1.03 bits per heavy atom. The lowest BCUT2D eigenvalue weighted by Gasteiger charge is -2.25. The number of benzene rings is 2. The highest BCUT2D eigenvalue weighted by Crippen LogP contribution is 2.47. The Balaban J connectivity index is 1.74. The molecule has 0 saturated carbocycles. The number of ketones is 1. The minimum Gasteiger partial charge on any atom is -0.507 e. The van der Waals surface area contributed by atoms with Gasteiger partial charge in [-0.25, -0.2) is 4.98 Å². The molecule has 1 fully saturated rings. The number of fused-ring (bicyclic) bond motifs is 1. The van der Waals surface area contributed by atoms with E-state index in [1.807, 2.05) is 6.92 Å². The molecule has 2 unspecified atom stereocenters. The Bertz CT molecular complexity index is 1390. The van der Waals surface area contributed by atoms with Gasteiger partial charge in [0.1, 0.15) is 23.4 Å². The summed E-state index contributed by atoms with van der Waals surface area (Å²) in [6.45, 7) is 1.96. The first-order valence-electron chi connectivity index (χ1n) is 11.7. The lowest BCUT2D eigenvalue weighted by atomic mass is 9.94. The van der Waals surface area contributed by atoms with E-state index in [1.54, 1.807) is 48.5 Å². The number of anilines is 1. The lowest BCUT2D eigenvalue weighted by Crippen LogP contribution is -2.30. The van der Waals surface area contributed by atoms with Crippen LogP contribution in [-0.2, 0) is 16.0 Å². The number of amides is 1. The molecule has 1 aromatic heterocycles. The number of aliphatic hydroxyl groups is 1. The molecule has 2 aliphatic rings. The number of rotatable bonds is 6. The highest BCUT2D eigenvalue weighted by Gasteiger charge is 2.48. The van der Waals surface area contributed by atoms with Gasteiger partial charge in [0.05, 0.1) is 32.9 Å². The minimum absolute atomic E-state index is 0.0151. The molecule has 2 aromatic carbocycles. The van der Waals surface area contributed by atoms with E-state index >= 15 is 0 Å². The Kier molecular flexibility index (Phi) is 6.20. The molecule has 1 saturated heterocycles. The molecule has 37 heavy (non-hydrogen) atoms. The van der Waals surface area contributed by atoms with Gasteiger partial charge in [-0.15, -0.1) is 0 Å². The highest BCUT2D eigenvalue weighted by atomic mass is 16.5. The molecular weight excluding hydrogens is 476 g/mol. The van der Waals surface area contributed by atoms with Gasteiger partial charge in [-0.3, -0.25) is 14.5 Å². The van der Waals surface area contributed by atoms with Gasteiger partial charge in [0.25, 0.3) is 5.78 Å². The van der Waals surface area contributed by atoms with Crippen molar-refractivity contribution in [2.24, 2.45) is 0 Å². The maximum absolute atomic E-state index is 13.5. The minimum atomic E-state index is -1.01. The second-order valence-electron chi connectivity index (χ2n) is 8.77. The zero-order valence-corrected chi connectivity index (χ0v) is 20.8. The summed E-state index contributed by atoms with van der Waals surface area (Å²) in [6.07, 6.45) is 2.22. The van der Waals surface area contributed by atoms with Crippen LogP contribution in [0.3, 0.4) is 0 Å². The van der Waals surface area contributed by atoms with Crippen molar-refractivity contribution in [1.29, 1.82) is 0 Å². The molecule has 190 valence electrons. The summed E-state index contributed by atoms with van der Waals surface area (Å²) in [5, 5.41) is 11.5. The summed E-state index contributed by atoms with van der Waals surface area (Å²) in [7, 11) is 4.44. The number of ether oxygens (including phenoxy) is 4. The second-order valence-corrected chi connectivity index (χ2v) is 8.77. The van der Waals surface area contributed by atoms with Crippen molar-refractivity contribution in [2.45, 2.75) is 25.5 Å². The van der Waals surface area contributed by atoms with Gasteiger partial charge < -0.3 is 24.1 Å². The fraction of sp³-hybridized carbons (Fsp3) is 0.250. The second kappa shape index (κ2) is 9.50. The van der Waals surface area contributed by atoms with Crippen molar-refractivity contribution < 1.29 is 33.6 Å². The molecular formula is C28H26N2O7. The summed E-state index contributed by atoms with van der Waals surface area (Å²) >= 11 is 0. The molecule has 3 heterocycles. The molecule has 5 rings (SSSR count). The van der Waals surface area contributed by atoms with E-state index in [1.165, 1.54) is 32.4 Å². The Morgan fingerprint density at radius 3 is 2.38 bits per heavy atom. The number of pyridine rings is 1. The molecule has 1 amide bonds. The summed E-state index contributed by atoms with van der Waals surface area (Å²) in [4.78, 5) is 32.4. The average Bonchev–Trinajstić information content (AvgIpc) is 3.42. The number of hydrogen-bond acceptors (Lipinski definition) is 8. The van der Waals surface area contributed by atoms with Gasteiger partial charge in [0, 0.05) is 18.2 Å². The number of carbonyl (C=O) groups excluding carboxylic acids is 2. The van der Waals surface area contributed by atoms with Crippen LogP contribution < -0.4 is 23.8 Å². The summed E-state index contributed by atoms with van der Waals surface area (Å²) in [5.74, 6) is 0.107. The molecule has 0 bridgehead atoms. The predicted octanol–water partition coefficient (Wildman–Crippen LogP) is 4.06. The van der Waals surface area contributed by atoms with Crippen molar-refractivity contribution in [1.82, 2.24) is 4.98 Å². The molecule has 3 aromatic rings. The van der Waals surface area contributed by atoms with Crippen LogP contribution in [0, 0.1) is 0 Å². The van der Waals surface area contributed by atoms with Gasteiger partial charge in [-0.1, -0.05) is 6.07 Å². The SMILES string of the molecule is COc1cc(C2C(=C(O)c3ccc4c(c3)CC(C)O4)C(=O)C(=O)N2c2ccccn2)cc(OC)c1OC. The fourth-order valence-corrected chi connectivity index (χ4v) is 4.86. The standard InChI is InChI=1S/C28H26N2O7/c1-15-11-17-12-16(8-9-19(17)37-15)25(31)23-24(18-13-20(34-2)27(36-4)21(14-18)35-3)30(28(33)26(23)32)22-7-5-6-10-29-22/h5-10,12-15,24,31H,11H2,1-4H3. The summed E-state index contributed by atoms with van der Waals surface area (Å²) in [6, 6.07) is 12.6. The van der Waals surface area contributed by atoms with Crippen LogP contribution in [0.2, 0.25) is 0 Å². The smallest absolute Gasteiger partial charge is 0.301 e. The zero-order valence-electron chi connectivity index (χ0n) is 20.8. The molecule has 9 nitrogen and oxygen atoms in total. The van der Waals surface area contributed by atoms with Gasteiger partial charge in [0.2, 0.25) is 5.75 Å². The average molecular weight is 503 g/mol. The number of nitrogens with zero attached hydrogens (tertiary/aromatic N) is 2. The molecule has 1 N–H and O–H groups in total. The third-order valence-corrected chi connectivity index (χ3v) is 6.51. The van der Waals surface area contributed by atoms with Crippen molar-refractivity contribution in [3.8, 4) is 23.0 Å². The summed E-state index contributed by atoms with van der Waals surface area (Å²) in [5.41, 5.74) is 1.73. The van der Waals surface area contributed by atoms with E-state index in [2.05, 4.69) is 4.98 Å². The van der Waals surface area contributed by atoms with Gasteiger partial charge >= 0.3 is 5.91 Å². The monoisotopic (exact) mass is 502 g/mol. The lowest BCUT2D eigenvalue weighted by molar-refractivity contribution is -0.132. The highest BCUT2D eigenvalue weighted by molar-refractivity contribution is 6.51. The van der Waals surface area contributed by atoms with Crippen LogP contribution in [0.1, 0.15) is 29.7 Å². The van der Waals surface area contributed by atoms with E-state index in [-0.39, 0.29) is 23.3 Å². The largest absolute Gasteiger partial charge is 0.507 e. The van der Waals surface area contributed by atoms with E-state index < -0.39 is 17.7 Å². The van der Waals surface area contributed by atoms with E-state index in [4.69, 9.17) is 18.9 Å². The van der Waals surface area contributed by atoms with Crippen LogP contribution in [0.15, 0.2) is 60.3 Å². The molecule has 0 spiro atoms. The Morgan fingerprint density at radius 2 is 1.76 bits per heavy atom.